The lowest BCUT2D eigenvalue weighted by Crippen LogP contribution is -2.44. The first-order chi connectivity index (χ1) is 17.7. The van der Waals surface area contributed by atoms with E-state index in [0.29, 0.717) is 12.5 Å². The second-order valence-corrected chi connectivity index (χ2v) is 9.58. The van der Waals surface area contributed by atoms with Crippen molar-refractivity contribution < 1.29 is 9.47 Å². The van der Waals surface area contributed by atoms with Gasteiger partial charge in [0.2, 0.25) is 0 Å². The lowest BCUT2D eigenvalue weighted by atomic mass is 9.91. The van der Waals surface area contributed by atoms with E-state index >= 15 is 0 Å². The normalized spacial score (nSPS) is 15.5. The summed E-state index contributed by atoms with van der Waals surface area (Å²) in [4.78, 5) is 18.6. The lowest BCUT2D eigenvalue weighted by Gasteiger charge is -2.32. The monoisotopic (exact) mass is 489 g/mol. The third-order valence-electron chi connectivity index (χ3n) is 6.86. The van der Waals surface area contributed by atoms with Crippen LogP contribution in [0.4, 0.5) is 0 Å². The zero-order chi connectivity index (χ0) is 25.2. The minimum atomic E-state index is 0.379. The number of methoxy groups -OCH3 is 1. The van der Waals surface area contributed by atoms with Gasteiger partial charge in [-0.2, -0.15) is 0 Å². The second kappa shape index (κ2) is 13.3. The summed E-state index contributed by atoms with van der Waals surface area (Å²) in [5.41, 5.74) is 4.05. The van der Waals surface area contributed by atoms with Gasteiger partial charge in [-0.25, -0.2) is 4.98 Å². The molecule has 0 N–H and O–H groups in total. The number of nitrogens with zero attached hydrogens (tertiary/aromatic N) is 5. The summed E-state index contributed by atoms with van der Waals surface area (Å²) in [5.74, 6) is 1.87. The van der Waals surface area contributed by atoms with E-state index in [9.17, 15) is 0 Å². The predicted molar refractivity (Wildman–Crippen MR) is 144 cm³/mol. The molecule has 0 aliphatic carbocycles. The zero-order valence-electron chi connectivity index (χ0n) is 21.9. The Morgan fingerprint density at radius 1 is 1.00 bits per heavy atom. The van der Waals surface area contributed by atoms with E-state index in [1.165, 1.54) is 5.56 Å². The van der Waals surface area contributed by atoms with Crippen LogP contribution >= 0.6 is 0 Å². The number of ether oxygens (including phenoxy) is 2. The molecular formula is C29H39N5O2. The van der Waals surface area contributed by atoms with Gasteiger partial charge in [-0.3, -0.25) is 9.97 Å². The Hall–Kier alpha value is -3.03. The van der Waals surface area contributed by atoms with E-state index in [0.717, 1.165) is 86.9 Å². The van der Waals surface area contributed by atoms with E-state index in [1.807, 2.05) is 49.1 Å². The molecule has 4 rings (SSSR count). The molecule has 0 amide bonds. The maximum atomic E-state index is 6.08. The molecule has 192 valence electrons. The molecule has 1 atom stereocenters. The average Bonchev–Trinajstić information content (AvgIpc) is 2.92. The van der Waals surface area contributed by atoms with Crippen molar-refractivity contribution in [3.8, 4) is 22.8 Å². The van der Waals surface area contributed by atoms with Gasteiger partial charge >= 0.3 is 0 Å². The second-order valence-electron chi connectivity index (χ2n) is 9.58. The number of aromatic nitrogens is 3. The molecule has 1 aliphatic rings. The highest BCUT2D eigenvalue weighted by molar-refractivity contribution is 5.63. The van der Waals surface area contributed by atoms with Gasteiger partial charge in [-0.15, -0.1) is 0 Å². The van der Waals surface area contributed by atoms with Gasteiger partial charge in [0, 0.05) is 56.9 Å². The predicted octanol–water partition coefficient (Wildman–Crippen LogP) is 4.69. The number of pyridine rings is 1. The molecule has 0 bridgehead atoms. The van der Waals surface area contributed by atoms with Gasteiger partial charge in [0.05, 0.1) is 31.3 Å². The van der Waals surface area contributed by atoms with Gasteiger partial charge in [0.25, 0.3) is 0 Å². The largest absolute Gasteiger partial charge is 0.493 e. The van der Waals surface area contributed by atoms with Crippen LogP contribution < -0.4 is 9.47 Å². The molecule has 7 nitrogen and oxygen atoms in total. The van der Waals surface area contributed by atoms with Gasteiger partial charge in [-0.1, -0.05) is 19.4 Å². The number of hydrogen-bond donors (Lipinski definition) is 0. The van der Waals surface area contributed by atoms with Crippen LogP contribution in [0.15, 0.2) is 55.1 Å². The Morgan fingerprint density at radius 3 is 2.61 bits per heavy atom. The van der Waals surface area contributed by atoms with Crippen LogP contribution in [0.1, 0.15) is 43.4 Å². The average molecular weight is 490 g/mol. The Bertz CT molecular complexity index is 1070. The molecule has 1 fully saturated rings. The number of hydrogen-bond acceptors (Lipinski definition) is 7. The molecule has 3 heterocycles. The first-order valence-electron chi connectivity index (χ1n) is 13.1. The fraction of sp³-hybridized carbons (Fsp3) is 0.483. The van der Waals surface area contributed by atoms with Crippen LogP contribution in [0, 0.1) is 0 Å². The SMILES string of the molecule is CCCC(Cc1cncc(-c2ccc(OCCCN3CCN(C)CC3)c(OC)c2)n1)c1cccnc1. The molecule has 0 spiro atoms. The Balaban J connectivity index is 1.38. The van der Waals surface area contributed by atoms with E-state index < -0.39 is 0 Å². The number of rotatable bonds is 12. The first kappa shape index (κ1) is 26.0. The molecule has 1 saturated heterocycles. The molecular weight excluding hydrogens is 450 g/mol. The molecule has 0 radical (unpaired) electrons. The van der Waals surface area contributed by atoms with Crippen molar-refractivity contribution in [3.05, 3.63) is 66.4 Å². The van der Waals surface area contributed by atoms with Crippen LogP contribution in [-0.4, -0.2) is 78.2 Å². The third kappa shape index (κ3) is 7.24. The highest BCUT2D eigenvalue weighted by atomic mass is 16.5. The van der Waals surface area contributed by atoms with Gasteiger partial charge in [0.15, 0.2) is 11.5 Å². The number of likely N-dealkylation sites (N-methyl/N-ethyl adjacent to an activating group) is 1. The summed E-state index contributed by atoms with van der Waals surface area (Å²) in [6.45, 7) is 8.50. The van der Waals surface area contributed by atoms with Crippen LogP contribution in [0.3, 0.4) is 0 Å². The highest BCUT2D eigenvalue weighted by Crippen LogP contribution is 2.32. The van der Waals surface area contributed by atoms with E-state index in [2.05, 4.69) is 39.8 Å². The van der Waals surface area contributed by atoms with E-state index in [4.69, 9.17) is 14.5 Å². The topological polar surface area (TPSA) is 63.6 Å². The highest BCUT2D eigenvalue weighted by Gasteiger charge is 2.16. The maximum Gasteiger partial charge on any atom is 0.161 e. The smallest absolute Gasteiger partial charge is 0.161 e. The van der Waals surface area contributed by atoms with E-state index in [-0.39, 0.29) is 0 Å². The molecule has 0 saturated carbocycles. The number of benzene rings is 1. The molecule has 2 aromatic heterocycles. The van der Waals surface area contributed by atoms with Gasteiger partial charge in [0.1, 0.15) is 0 Å². The maximum absolute atomic E-state index is 6.08. The summed E-state index contributed by atoms with van der Waals surface area (Å²) in [6.07, 6.45) is 11.5. The molecule has 1 aromatic carbocycles. The van der Waals surface area contributed by atoms with Gasteiger partial charge < -0.3 is 19.3 Å². The summed E-state index contributed by atoms with van der Waals surface area (Å²) < 4.78 is 11.7. The first-order valence-corrected chi connectivity index (χ1v) is 13.1. The van der Waals surface area contributed by atoms with Crippen molar-refractivity contribution in [1.29, 1.82) is 0 Å². The Morgan fingerprint density at radius 2 is 1.86 bits per heavy atom. The van der Waals surface area contributed by atoms with Crippen LogP contribution in [0.2, 0.25) is 0 Å². The molecule has 3 aromatic rings. The fourth-order valence-corrected chi connectivity index (χ4v) is 4.74. The van der Waals surface area contributed by atoms with Crippen LogP contribution in [0.5, 0.6) is 11.5 Å². The zero-order valence-corrected chi connectivity index (χ0v) is 21.9. The fourth-order valence-electron chi connectivity index (χ4n) is 4.74. The Labute approximate surface area is 215 Å². The standard InChI is InChI=1S/C29H39N5O2/c1-4-7-23(25-8-5-11-30-20-25)18-26-21-31-22-27(32-26)24-9-10-28(29(19-24)35-3)36-17-6-12-34-15-13-33(2)14-16-34/h5,8-11,19-23H,4,6-7,12-18H2,1-3H3. The Kier molecular flexibility index (Phi) is 9.64. The van der Waals surface area contributed by atoms with Crippen LogP contribution in [-0.2, 0) is 6.42 Å². The van der Waals surface area contributed by atoms with Crippen molar-refractivity contribution >= 4 is 0 Å². The third-order valence-corrected chi connectivity index (χ3v) is 6.86. The molecule has 1 unspecified atom stereocenters. The van der Waals surface area contributed by atoms with Crippen molar-refractivity contribution in [2.75, 3.05) is 53.5 Å². The minimum Gasteiger partial charge on any atom is -0.493 e. The summed E-state index contributed by atoms with van der Waals surface area (Å²) in [7, 11) is 3.87. The summed E-state index contributed by atoms with van der Waals surface area (Å²) in [6, 6.07) is 10.2. The lowest BCUT2D eigenvalue weighted by molar-refractivity contribution is 0.145. The minimum absolute atomic E-state index is 0.379. The quantitative estimate of drug-likeness (QED) is 0.342. The van der Waals surface area contributed by atoms with Crippen molar-refractivity contribution in [1.82, 2.24) is 24.8 Å². The van der Waals surface area contributed by atoms with Crippen molar-refractivity contribution in [2.45, 2.75) is 38.5 Å². The van der Waals surface area contributed by atoms with Crippen LogP contribution in [0.25, 0.3) is 11.3 Å². The van der Waals surface area contributed by atoms with E-state index in [1.54, 1.807) is 7.11 Å². The molecule has 1 aliphatic heterocycles. The molecule has 36 heavy (non-hydrogen) atoms. The summed E-state index contributed by atoms with van der Waals surface area (Å²) in [5, 5.41) is 0. The van der Waals surface area contributed by atoms with Crippen molar-refractivity contribution in [3.63, 3.8) is 0 Å². The molecule has 7 heteroatoms. The number of piperazine rings is 1. The summed E-state index contributed by atoms with van der Waals surface area (Å²) >= 11 is 0. The van der Waals surface area contributed by atoms with Gasteiger partial charge in [-0.05, 0) is 62.1 Å². The van der Waals surface area contributed by atoms with Crippen molar-refractivity contribution in [2.24, 2.45) is 0 Å².